The van der Waals surface area contributed by atoms with E-state index < -0.39 is 0 Å². The van der Waals surface area contributed by atoms with Gasteiger partial charge in [0, 0.05) is 37.3 Å². The van der Waals surface area contributed by atoms with Gasteiger partial charge >= 0.3 is 0 Å². The normalized spacial score (nSPS) is 26.0. The van der Waals surface area contributed by atoms with Crippen LogP contribution in [-0.2, 0) is 11.3 Å². The van der Waals surface area contributed by atoms with E-state index >= 15 is 0 Å². The first-order chi connectivity index (χ1) is 10.0. The van der Waals surface area contributed by atoms with Crippen molar-refractivity contribution in [3.8, 4) is 5.75 Å². The third-order valence-electron chi connectivity index (χ3n) is 3.67. The summed E-state index contributed by atoms with van der Waals surface area (Å²) < 4.78 is 12.0. The Bertz CT molecular complexity index is 427. The largest absolute Gasteiger partial charge is 0.490 e. The molecule has 2 rings (SSSR count). The summed E-state index contributed by atoms with van der Waals surface area (Å²) in [6.07, 6.45) is 6.36. The fourth-order valence-corrected chi connectivity index (χ4v) is 2.78. The van der Waals surface area contributed by atoms with E-state index in [-0.39, 0.29) is 18.3 Å². The summed E-state index contributed by atoms with van der Waals surface area (Å²) in [6.45, 7) is 10.4. The van der Waals surface area contributed by atoms with Crippen molar-refractivity contribution >= 4 is 0 Å². The van der Waals surface area contributed by atoms with E-state index in [1.54, 1.807) is 6.20 Å². The molecule has 21 heavy (non-hydrogen) atoms. The Morgan fingerprint density at radius 2 is 2.05 bits per heavy atom. The highest BCUT2D eigenvalue weighted by Gasteiger charge is 2.26. The number of pyridine rings is 1. The van der Waals surface area contributed by atoms with Crippen molar-refractivity contribution in [1.29, 1.82) is 0 Å². The van der Waals surface area contributed by atoms with Crippen molar-refractivity contribution in [2.24, 2.45) is 5.92 Å². The molecule has 1 N–H and O–H groups in total. The monoisotopic (exact) mass is 292 g/mol. The predicted octanol–water partition coefficient (Wildman–Crippen LogP) is 3.16. The van der Waals surface area contributed by atoms with Crippen molar-refractivity contribution in [1.82, 2.24) is 10.3 Å². The molecule has 1 aliphatic heterocycles. The number of rotatable bonds is 6. The molecule has 1 aromatic heterocycles. The van der Waals surface area contributed by atoms with E-state index in [9.17, 15) is 0 Å². The molecular formula is C17H28N2O2. The Hall–Kier alpha value is -1.13. The first-order valence-corrected chi connectivity index (χ1v) is 8.00. The van der Waals surface area contributed by atoms with Crippen LogP contribution in [0.3, 0.4) is 0 Å². The summed E-state index contributed by atoms with van der Waals surface area (Å²) in [5, 5.41) is 3.45. The second kappa shape index (κ2) is 7.76. The maximum Gasteiger partial charge on any atom is 0.127 e. The lowest BCUT2D eigenvalue weighted by molar-refractivity contribution is -0.0723. The van der Waals surface area contributed by atoms with Crippen LogP contribution in [0.5, 0.6) is 5.75 Å². The SMILES string of the molecule is CC(C)CNCc1cnccc1OC1CC(C)OC(C)C1. The second-order valence-corrected chi connectivity index (χ2v) is 6.48. The quantitative estimate of drug-likeness (QED) is 0.874. The topological polar surface area (TPSA) is 43.4 Å². The van der Waals surface area contributed by atoms with Crippen LogP contribution >= 0.6 is 0 Å². The summed E-state index contributed by atoms with van der Waals surface area (Å²) in [5.74, 6) is 1.59. The summed E-state index contributed by atoms with van der Waals surface area (Å²) in [7, 11) is 0. The van der Waals surface area contributed by atoms with Gasteiger partial charge in [-0.25, -0.2) is 0 Å². The summed E-state index contributed by atoms with van der Waals surface area (Å²) in [4.78, 5) is 4.22. The average Bonchev–Trinajstić information content (AvgIpc) is 2.39. The molecule has 0 spiro atoms. The molecule has 1 saturated heterocycles. The molecule has 1 aromatic rings. The van der Waals surface area contributed by atoms with Gasteiger partial charge in [0.1, 0.15) is 11.9 Å². The maximum absolute atomic E-state index is 6.22. The Morgan fingerprint density at radius 3 is 2.71 bits per heavy atom. The van der Waals surface area contributed by atoms with Gasteiger partial charge in [-0.1, -0.05) is 13.8 Å². The number of hydrogen-bond acceptors (Lipinski definition) is 4. The third kappa shape index (κ3) is 5.29. The van der Waals surface area contributed by atoms with Crippen LogP contribution < -0.4 is 10.1 Å². The molecule has 0 aliphatic carbocycles. The van der Waals surface area contributed by atoms with E-state index in [4.69, 9.17) is 9.47 Å². The van der Waals surface area contributed by atoms with Crippen LogP contribution in [0, 0.1) is 5.92 Å². The first kappa shape index (κ1) is 16.2. The zero-order valence-corrected chi connectivity index (χ0v) is 13.6. The molecule has 1 aliphatic rings. The summed E-state index contributed by atoms with van der Waals surface area (Å²) in [5.41, 5.74) is 1.13. The van der Waals surface area contributed by atoms with Gasteiger partial charge in [-0.2, -0.15) is 0 Å². The van der Waals surface area contributed by atoms with E-state index in [1.165, 1.54) is 0 Å². The molecular weight excluding hydrogens is 264 g/mol. The van der Waals surface area contributed by atoms with Gasteiger partial charge in [-0.05, 0) is 32.4 Å². The molecule has 0 amide bonds. The van der Waals surface area contributed by atoms with E-state index in [0.29, 0.717) is 5.92 Å². The molecule has 4 heteroatoms. The number of hydrogen-bond donors (Lipinski definition) is 1. The minimum absolute atomic E-state index is 0.231. The van der Waals surface area contributed by atoms with Crippen LogP contribution in [0.2, 0.25) is 0 Å². The van der Waals surface area contributed by atoms with Gasteiger partial charge in [0.15, 0.2) is 0 Å². The Kier molecular flexibility index (Phi) is 6.00. The smallest absolute Gasteiger partial charge is 0.127 e. The van der Waals surface area contributed by atoms with Crippen LogP contribution in [0.25, 0.3) is 0 Å². The van der Waals surface area contributed by atoms with Crippen molar-refractivity contribution in [3.63, 3.8) is 0 Å². The van der Waals surface area contributed by atoms with Gasteiger partial charge in [0.2, 0.25) is 0 Å². The molecule has 2 unspecified atom stereocenters. The van der Waals surface area contributed by atoms with Gasteiger partial charge in [-0.15, -0.1) is 0 Å². The van der Waals surface area contributed by atoms with Crippen molar-refractivity contribution in [3.05, 3.63) is 24.0 Å². The van der Waals surface area contributed by atoms with Crippen LogP contribution in [0.4, 0.5) is 0 Å². The molecule has 1 fully saturated rings. The second-order valence-electron chi connectivity index (χ2n) is 6.48. The Balaban J connectivity index is 1.95. The molecule has 2 atom stereocenters. The zero-order valence-electron chi connectivity index (χ0n) is 13.6. The fourth-order valence-electron chi connectivity index (χ4n) is 2.78. The predicted molar refractivity (Wildman–Crippen MR) is 84.4 cm³/mol. The van der Waals surface area contributed by atoms with Gasteiger partial charge < -0.3 is 14.8 Å². The zero-order chi connectivity index (χ0) is 15.2. The Morgan fingerprint density at radius 1 is 1.33 bits per heavy atom. The highest BCUT2D eigenvalue weighted by Crippen LogP contribution is 2.26. The lowest BCUT2D eigenvalue weighted by Crippen LogP contribution is -2.36. The number of ether oxygens (including phenoxy) is 2. The molecule has 2 heterocycles. The lowest BCUT2D eigenvalue weighted by Gasteiger charge is -2.32. The first-order valence-electron chi connectivity index (χ1n) is 8.00. The van der Waals surface area contributed by atoms with E-state index in [2.05, 4.69) is 38.0 Å². The minimum Gasteiger partial charge on any atom is -0.490 e. The van der Waals surface area contributed by atoms with Crippen LogP contribution in [-0.4, -0.2) is 29.8 Å². The van der Waals surface area contributed by atoms with Crippen molar-refractivity contribution in [2.75, 3.05) is 6.54 Å². The van der Waals surface area contributed by atoms with Crippen molar-refractivity contribution < 1.29 is 9.47 Å². The van der Waals surface area contributed by atoms with Gasteiger partial charge in [-0.3, -0.25) is 4.98 Å². The number of nitrogens with one attached hydrogen (secondary N) is 1. The standard InChI is InChI=1S/C17H28N2O2/c1-12(2)9-19-11-15-10-18-6-5-17(15)21-16-7-13(3)20-14(4)8-16/h5-6,10,12-14,16,19H,7-9,11H2,1-4H3. The molecule has 0 radical (unpaired) electrons. The van der Waals surface area contributed by atoms with Crippen LogP contribution in [0.15, 0.2) is 18.5 Å². The maximum atomic E-state index is 6.22. The molecule has 118 valence electrons. The number of nitrogens with zero attached hydrogens (tertiary/aromatic N) is 1. The van der Waals surface area contributed by atoms with Gasteiger partial charge in [0.25, 0.3) is 0 Å². The van der Waals surface area contributed by atoms with Crippen molar-refractivity contribution in [2.45, 2.75) is 65.4 Å². The number of aromatic nitrogens is 1. The molecule has 0 saturated carbocycles. The van der Waals surface area contributed by atoms with E-state index in [1.807, 2.05) is 12.3 Å². The van der Waals surface area contributed by atoms with Crippen LogP contribution in [0.1, 0.15) is 46.1 Å². The highest BCUT2D eigenvalue weighted by molar-refractivity contribution is 5.30. The minimum atomic E-state index is 0.231. The van der Waals surface area contributed by atoms with Gasteiger partial charge in [0.05, 0.1) is 12.2 Å². The molecule has 0 bridgehead atoms. The lowest BCUT2D eigenvalue weighted by atomic mass is 10.0. The molecule has 0 aromatic carbocycles. The Labute approximate surface area is 128 Å². The summed E-state index contributed by atoms with van der Waals surface area (Å²) in [6, 6.07) is 1.97. The summed E-state index contributed by atoms with van der Waals surface area (Å²) >= 11 is 0. The average molecular weight is 292 g/mol. The van der Waals surface area contributed by atoms with E-state index in [0.717, 1.165) is 37.2 Å². The molecule has 4 nitrogen and oxygen atoms in total. The highest BCUT2D eigenvalue weighted by atomic mass is 16.5. The third-order valence-corrected chi connectivity index (χ3v) is 3.67. The fraction of sp³-hybridized carbons (Fsp3) is 0.706.